The average Bonchev–Trinajstić information content (AvgIpc) is 3.00. The lowest BCUT2D eigenvalue weighted by Crippen LogP contribution is -2.15. The van der Waals surface area contributed by atoms with Crippen molar-refractivity contribution in [3.63, 3.8) is 0 Å². The predicted octanol–water partition coefficient (Wildman–Crippen LogP) is 2.32. The second-order valence-corrected chi connectivity index (χ2v) is 5.13. The summed E-state index contributed by atoms with van der Waals surface area (Å²) in [4.78, 5) is 20.1. The molecular weight excluding hydrogens is 294 g/mol. The highest BCUT2D eigenvalue weighted by molar-refractivity contribution is 5.92. The van der Waals surface area contributed by atoms with Crippen LogP contribution in [-0.2, 0) is 11.2 Å². The quantitative estimate of drug-likeness (QED) is 0.795. The number of rotatable bonds is 4. The molecule has 0 aliphatic carbocycles. The van der Waals surface area contributed by atoms with Crippen LogP contribution in [0.4, 0.5) is 5.69 Å². The fourth-order valence-electron chi connectivity index (χ4n) is 2.04. The van der Waals surface area contributed by atoms with E-state index >= 15 is 0 Å². The fraction of sp³-hybridized carbons (Fsp3) is 0.188. The summed E-state index contributed by atoms with van der Waals surface area (Å²) < 4.78 is 5.45. The molecule has 0 aliphatic rings. The van der Waals surface area contributed by atoms with Gasteiger partial charge in [0.1, 0.15) is 12.1 Å². The molecule has 23 heavy (non-hydrogen) atoms. The zero-order valence-electron chi connectivity index (χ0n) is 12.8. The van der Waals surface area contributed by atoms with Crippen molar-refractivity contribution in [2.45, 2.75) is 20.3 Å². The lowest BCUT2D eigenvalue weighted by atomic mass is 10.1. The van der Waals surface area contributed by atoms with Crippen LogP contribution in [0.1, 0.15) is 17.0 Å². The third-order valence-electron chi connectivity index (χ3n) is 3.23. The van der Waals surface area contributed by atoms with E-state index in [1.807, 2.05) is 32.0 Å². The van der Waals surface area contributed by atoms with E-state index in [0.717, 1.165) is 16.8 Å². The van der Waals surface area contributed by atoms with Crippen LogP contribution in [0.5, 0.6) is 0 Å². The molecule has 3 aromatic rings. The molecular formula is C16H15N5O2. The largest absolute Gasteiger partial charge is 0.419 e. The zero-order valence-corrected chi connectivity index (χ0v) is 12.8. The van der Waals surface area contributed by atoms with Gasteiger partial charge in [0.25, 0.3) is 5.89 Å². The molecule has 7 heteroatoms. The number of nitrogens with zero attached hydrogens (tertiary/aromatic N) is 4. The van der Waals surface area contributed by atoms with Crippen LogP contribution in [0, 0.1) is 13.8 Å². The molecule has 1 amide bonds. The van der Waals surface area contributed by atoms with Crippen LogP contribution >= 0.6 is 0 Å². The zero-order chi connectivity index (χ0) is 16.2. The molecule has 0 saturated carbocycles. The van der Waals surface area contributed by atoms with Gasteiger partial charge in [-0.25, -0.2) is 4.98 Å². The van der Waals surface area contributed by atoms with Gasteiger partial charge in [0.05, 0.1) is 6.20 Å². The summed E-state index contributed by atoms with van der Waals surface area (Å²) in [6.07, 6.45) is 4.61. The molecule has 0 fully saturated rings. The minimum absolute atomic E-state index is 0.000639. The van der Waals surface area contributed by atoms with Crippen LogP contribution in [0.25, 0.3) is 11.6 Å². The van der Waals surface area contributed by atoms with Crippen LogP contribution in [0.2, 0.25) is 0 Å². The molecule has 0 bridgehead atoms. The molecule has 7 nitrogen and oxygen atoms in total. The molecule has 1 N–H and O–H groups in total. The lowest BCUT2D eigenvalue weighted by molar-refractivity contribution is -0.115. The van der Waals surface area contributed by atoms with Crippen LogP contribution < -0.4 is 5.32 Å². The van der Waals surface area contributed by atoms with Crippen molar-refractivity contribution in [3.05, 3.63) is 53.8 Å². The van der Waals surface area contributed by atoms with E-state index < -0.39 is 0 Å². The van der Waals surface area contributed by atoms with Gasteiger partial charge in [0.15, 0.2) is 0 Å². The molecule has 1 aromatic carbocycles. The van der Waals surface area contributed by atoms with Gasteiger partial charge in [-0.05, 0) is 31.0 Å². The van der Waals surface area contributed by atoms with Crippen molar-refractivity contribution in [3.8, 4) is 11.6 Å². The van der Waals surface area contributed by atoms with Crippen molar-refractivity contribution in [2.75, 3.05) is 5.32 Å². The Kier molecular flexibility index (Phi) is 4.09. The van der Waals surface area contributed by atoms with Gasteiger partial charge in [-0.3, -0.25) is 9.78 Å². The molecule has 0 unspecified atom stereocenters. The standard InChI is InChI=1S/C16H15N5O2/c1-10-3-4-11(2)12(7-10)19-14(22)8-15-20-21-16(23-15)13-9-17-5-6-18-13/h3-7,9H,8H2,1-2H3,(H,19,22). The summed E-state index contributed by atoms with van der Waals surface area (Å²) in [5.74, 6) is 0.258. The number of carbonyl (C=O) groups is 1. The fourth-order valence-corrected chi connectivity index (χ4v) is 2.04. The average molecular weight is 309 g/mol. The minimum Gasteiger partial charge on any atom is -0.419 e. The summed E-state index contributed by atoms with van der Waals surface area (Å²) >= 11 is 0. The topological polar surface area (TPSA) is 93.8 Å². The van der Waals surface area contributed by atoms with Crippen LogP contribution in [-0.4, -0.2) is 26.1 Å². The number of hydrogen-bond donors (Lipinski definition) is 1. The normalized spacial score (nSPS) is 10.5. The maximum absolute atomic E-state index is 12.1. The Labute approximate surface area is 132 Å². The van der Waals surface area contributed by atoms with Gasteiger partial charge in [-0.15, -0.1) is 10.2 Å². The number of carbonyl (C=O) groups excluding carboxylic acids is 1. The molecule has 116 valence electrons. The van der Waals surface area contributed by atoms with Gasteiger partial charge in [-0.2, -0.15) is 0 Å². The van der Waals surface area contributed by atoms with E-state index in [0.29, 0.717) is 5.69 Å². The highest BCUT2D eigenvalue weighted by atomic mass is 16.4. The first-order valence-corrected chi connectivity index (χ1v) is 7.07. The second-order valence-electron chi connectivity index (χ2n) is 5.13. The van der Waals surface area contributed by atoms with E-state index in [9.17, 15) is 4.79 Å². The Morgan fingerprint density at radius 3 is 2.87 bits per heavy atom. The Balaban J connectivity index is 1.69. The molecule has 0 atom stereocenters. The number of hydrogen-bond acceptors (Lipinski definition) is 6. The Morgan fingerprint density at radius 1 is 1.22 bits per heavy atom. The summed E-state index contributed by atoms with van der Waals surface area (Å²) in [7, 11) is 0. The summed E-state index contributed by atoms with van der Waals surface area (Å²) in [5, 5.41) is 10.6. The van der Waals surface area contributed by atoms with E-state index in [1.165, 1.54) is 12.4 Å². The van der Waals surface area contributed by atoms with Gasteiger partial charge in [-0.1, -0.05) is 12.1 Å². The lowest BCUT2D eigenvalue weighted by Gasteiger charge is -2.08. The van der Waals surface area contributed by atoms with Crippen LogP contribution in [0.15, 0.2) is 41.2 Å². The van der Waals surface area contributed by atoms with Crippen molar-refractivity contribution in [1.29, 1.82) is 0 Å². The molecule has 0 spiro atoms. The van der Waals surface area contributed by atoms with E-state index in [1.54, 1.807) is 6.20 Å². The van der Waals surface area contributed by atoms with Gasteiger partial charge in [0.2, 0.25) is 11.8 Å². The number of aromatic nitrogens is 4. The van der Waals surface area contributed by atoms with E-state index in [4.69, 9.17) is 4.42 Å². The van der Waals surface area contributed by atoms with Crippen molar-refractivity contribution < 1.29 is 9.21 Å². The number of aryl methyl sites for hydroxylation is 2. The third-order valence-corrected chi connectivity index (χ3v) is 3.23. The first-order chi connectivity index (χ1) is 11.1. The SMILES string of the molecule is Cc1ccc(C)c(NC(=O)Cc2nnc(-c3cnccn3)o2)c1. The minimum atomic E-state index is -0.215. The number of nitrogens with one attached hydrogen (secondary N) is 1. The third kappa shape index (κ3) is 3.57. The molecule has 0 radical (unpaired) electrons. The summed E-state index contributed by atoms with van der Waals surface area (Å²) in [5.41, 5.74) is 3.33. The molecule has 2 aromatic heterocycles. The monoisotopic (exact) mass is 309 g/mol. The van der Waals surface area contributed by atoms with Gasteiger partial charge >= 0.3 is 0 Å². The smallest absolute Gasteiger partial charge is 0.267 e. The Hall–Kier alpha value is -3.09. The van der Waals surface area contributed by atoms with E-state index in [2.05, 4.69) is 25.5 Å². The molecule has 0 saturated heterocycles. The number of amides is 1. The van der Waals surface area contributed by atoms with Crippen LogP contribution in [0.3, 0.4) is 0 Å². The first kappa shape index (κ1) is 14.8. The molecule has 0 aliphatic heterocycles. The maximum atomic E-state index is 12.1. The van der Waals surface area contributed by atoms with Crippen molar-refractivity contribution in [2.24, 2.45) is 0 Å². The van der Waals surface area contributed by atoms with Crippen molar-refractivity contribution in [1.82, 2.24) is 20.2 Å². The maximum Gasteiger partial charge on any atom is 0.267 e. The second kappa shape index (κ2) is 6.35. The van der Waals surface area contributed by atoms with Gasteiger partial charge in [0, 0.05) is 18.1 Å². The number of benzene rings is 1. The summed E-state index contributed by atoms with van der Waals surface area (Å²) in [6, 6.07) is 5.88. The Bertz CT molecular complexity index is 829. The highest BCUT2D eigenvalue weighted by Crippen LogP contribution is 2.17. The molecule has 3 rings (SSSR count). The number of anilines is 1. The molecule has 2 heterocycles. The van der Waals surface area contributed by atoms with Gasteiger partial charge < -0.3 is 9.73 Å². The van der Waals surface area contributed by atoms with E-state index in [-0.39, 0.29) is 24.1 Å². The van der Waals surface area contributed by atoms with Crippen molar-refractivity contribution >= 4 is 11.6 Å². The first-order valence-electron chi connectivity index (χ1n) is 7.07. The summed E-state index contributed by atoms with van der Waals surface area (Å²) in [6.45, 7) is 3.91. The Morgan fingerprint density at radius 2 is 2.09 bits per heavy atom. The highest BCUT2D eigenvalue weighted by Gasteiger charge is 2.14. The predicted molar refractivity (Wildman–Crippen MR) is 83.6 cm³/mol.